The van der Waals surface area contributed by atoms with Gasteiger partial charge in [-0.2, -0.15) is 8.78 Å². The fourth-order valence-corrected chi connectivity index (χ4v) is 2.59. The first kappa shape index (κ1) is 13.4. The monoisotopic (exact) mass is 570 g/mol. The van der Waals surface area contributed by atoms with Crippen LogP contribution in [0.5, 0.6) is 0 Å². The van der Waals surface area contributed by atoms with E-state index in [0.717, 1.165) is 0 Å². The van der Waals surface area contributed by atoms with Crippen LogP contribution >= 0.6 is 83.7 Å². The third-order valence-corrected chi connectivity index (χ3v) is 3.42. The standard InChI is InChI=1S/C3HBrF3I3O/c4-2(6,7)1(5,11)3(8,9)10/h11H. The summed E-state index contributed by atoms with van der Waals surface area (Å²) in [6, 6.07) is 0. The molecule has 1 unspecified atom stereocenters. The van der Waals surface area contributed by atoms with Gasteiger partial charge in [0.1, 0.15) is 0 Å². The molecule has 8 heteroatoms. The Kier molecular flexibility index (Phi) is 4.74. The normalized spacial score (nSPS) is 19.6. The minimum Gasteiger partial charge on any atom is -0.354 e. The Labute approximate surface area is 110 Å². The second-order valence-electron chi connectivity index (χ2n) is 1.62. The molecule has 11 heavy (non-hydrogen) atoms. The van der Waals surface area contributed by atoms with Crippen LogP contribution in [0.15, 0.2) is 0 Å². The van der Waals surface area contributed by atoms with Crippen molar-refractivity contribution in [1.82, 2.24) is 0 Å². The number of hydrogen-bond acceptors (Lipinski definition) is 1. The highest BCUT2D eigenvalue weighted by Gasteiger charge is 2.63. The van der Waals surface area contributed by atoms with Gasteiger partial charge in [-0.15, -0.1) is 0 Å². The molecule has 0 saturated carbocycles. The SMILES string of the molecule is OC(F)(C(F)(F)Br)C(I)(I)I. The zero-order valence-electron chi connectivity index (χ0n) is 4.59. The van der Waals surface area contributed by atoms with Crippen molar-refractivity contribution in [3.63, 3.8) is 0 Å². The lowest BCUT2D eigenvalue weighted by Gasteiger charge is -2.30. The second kappa shape index (κ2) is 3.88. The van der Waals surface area contributed by atoms with Crippen molar-refractivity contribution in [1.29, 1.82) is 0 Å². The molecular formula is C3HBrF3I3O. The molecule has 0 aromatic carbocycles. The molecule has 0 rings (SSSR count). The summed E-state index contributed by atoms with van der Waals surface area (Å²) >= 11 is 5.91. The van der Waals surface area contributed by atoms with E-state index in [1.807, 2.05) is 0 Å². The molecule has 0 fully saturated rings. The van der Waals surface area contributed by atoms with Gasteiger partial charge in [-0.3, -0.25) is 0 Å². The third kappa shape index (κ3) is 3.23. The molecule has 0 aliphatic rings. The predicted octanol–water partition coefficient (Wildman–Crippen LogP) is 3.59. The van der Waals surface area contributed by atoms with E-state index in [1.165, 1.54) is 67.8 Å². The van der Waals surface area contributed by atoms with Gasteiger partial charge in [0.05, 0.1) is 0 Å². The Hall–Kier alpha value is 2.42. The maximum Gasteiger partial charge on any atom is 0.361 e. The molecule has 0 aliphatic heterocycles. The first-order chi connectivity index (χ1) is 4.50. The summed E-state index contributed by atoms with van der Waals surface area (Å²) in [6.45, 7) is 0. The van der Waals surface area contributed by atoms with Crippen LogP contribution in [0.2, 0.25) is 0 Å². The van der Waals surface area contributed by atoms with Crippen molar-refractivity contribution in [2.45, 2.75) is 10.1 Å². The van der Waals surface area contributed by atoms with Gasteiger partial charge in [-0.1, -0.05) is 0 Å². The van der Waals surface area contributed by atoms with Crippen molar-refractivity contribution in [2.24, 2.45) is 0 Å². The van der Waals surface area contributed by atoms with Gasteiger partial charge >= 0.3 is 10.7 Å². The zero-order valence-corrected chi connectivity index (χ0v) is 12.7. The van der Waals surface area contributed by atoms with Crippen molar-refractivity contribution >= 4 is 83.7 Å². The van der Waals surface area contributed by atoms with Gasteiger partial charge in [-0.25, -0.2) is 4.39 Å². The molecule has 0 radical (unpaired) electrons. The topological polar surface area (TPSA) is 20.2 Å². The van der Waals surface area contributed by atoms with Crippen LogP contribution in [0.4, 0.5) is 13.2 Å². The van der Waals surface area contributed by atoms with Gasteiger partial charge in [0.2, 0.25) is 0 Å². The van der Waals surface area contributed by atoms with E-state index in [9.17, 15) is 13.2 Å². The van der Waals surface area contributed by atoms with E-state index in [0.29, 0.717) is 0 Å². The first-order valence-corrected chi connectivity index (χ1v) is 6.08. The van der Waals surface area contributed by atoms with E-state index in [4.69, 9.17) is 5.11 Å². The van der Waals surface area contributed by atoms with E-state index < -0.39 is 10.1 Å². The Morgan fingerprint density at radius 2 is 1.36 bits per heavy atom. The summed E-state index contributed by atoms with van der Waals surface area (Å²) in [4.78, 5) is -3.94. The average Bonchev–Trinajstić information content (AvgIpc) is 1.58. The predicted molar refractivity (Wildman–Crippen MR) is 64.7 cm³/mol. The quantitative estimate of drug-likeness (QED) is 0.398. The summed E-state index contributed by atoms with van der Waals surface area (Å²) in [5.41, 5.74) is 0. The molecule has 1 atom stereocenters. The van der Waals surface area contributed by atoms with Crippen LogP contribution in [0.25, 0.3) is 0 Å². The molecular weight excluding hydrogens is 570 g/mol. The largest absolute Gasteiger partial charge is 0.361 e. The lowest BCUT2D eigenvalue weighted by atomic mass is 10.4. The van der Waals surface area contributed by atoms with Crippen LogP contribution < -0.4 is 0 Å². The zero-order chi connectivity index (χ0) is 9.50. The minimum absolute atomic E-state index is 1.38. The molecule has 0 aromatic heterocycles. The highest BCUT2D eigenvalue weighted by atomic mass is 127. The molecule has 0 aliphatic carbocycles. The van der Waals surface area contributed by atoms with Gasteiger partial charge in [0.25, 0.3) is 0 Å². The summed E-state index contributed by atoms with van der Waals surface area (Å²) < 4.78 is 35.8. The second-order valence-corrected chi connectivity index (χ2v) is 13.7. The number of aliphatic hydroxyl groups is 1. The van der Waals surface area contributed by atoms with Crippen LogP contribution in [-0.4, -0.2) is 15.2 Å². The number of rotatable bonds is 2. The molecule has 1 nitrogen and oxygen atoms in total. The van der Waals surface area contributed by atoms with Crippen molar-refractivity contribution in [2.75, 3.05) is 0 Å². The smallest absolute Gasteiger partial charge is 0.354 e. The third-order valence-electron chi connectivity index (χ3n) is 0.751. The average molecular weight is 571 g/mol. The number of hydrogen-bond donors (Lipinski definition) is 1. The molecule has 0 saturated heterocycles. The molecule has 0 bridgehead atoms. The fraction of sp³-hybridized carbons (Fsp3) is 1.00. The Balaban J connectivity index is 4.75. The van der Waals surface area contributed by atoms with Gasteiger partial charge in [0.15, 0.2) is -0.565 Å². The molecule has 1 N–H and O–H groups in total. The van der Waals surface area contributed by atoms with E-state index in [-0.39, 0.29) is 0 Å². The lowest BCUT2D eigenvalue weighted by Crippen LogP contribution is -2.49. The Bertz CT molecular complexity index is 135. The van der Waals surface area contributed by atoms with Crippen LogP contribution in [0.1, 0.15) is 0 Å². The van der Waals surface area contributed by atoms with Crippen LogP contribution in [-0.2, 0) is 0 Å². The highest BCUT2D eigenvalue weighted by Crippen LogP contribution is 2.54. The van der Waals surface area contributed by atoms with Crippen molar-refractivity contribution in [3.05, 3.63) is 0 Å². The maximum atomic E-state index is 12.8. The summed E-state index contributed by atoms with van der Waals surface area (Å²) in [5, 5.41) is 8.70. The van der Waals surface area contributed by atoms with Crippen LogP contribution in [0, 0.1) is 0 Å². The summed E-state index contributed by atoms with van der Waals surface area (Å²) in [6.07, 6.45) is 0. The van der Waals surface area contributed by atoms with E-state index in [1.54, 1.807) is 15.9 Å². The molecule has 0 amide bonds. The first-order valence-electron chi connectivity index (χ1n) is 2.05. The van der Waals surface area contributed by atoms with Crippen molar-refractivity contribution < 1.29 is 18.3 Å². The lowest BCUT2D eigenvalue weighted by molar-refractivity contribution is -0.187. The maximum absolute atomic E-state index is 12.8. The molecule has 0 heterocycles. The van der Waals surface area contributed by atoms with Gasteiger partial charge in [-0.05, 0) is 83.7 Å². The molecule has 68 valence electrons. The van der Waals surface area contributed by atoms with E-state index in [2.05, 4.69) is 0 Å². The number of alkyl halides is 7. The minimum atomic E-state index is -3.94. The highest BCUT2D eigenvalue weighted by molar-refractivity contribution is 14.3. The Morgan fingerprint density at radius 1 is 1.09 bits per heavy atom. The van der Waals surface area contributed by atoms with Crippen molar-refractivity contribution in [3.8, 4) is 0 Å². The van der Waals surface area contributed by atoms with E-state index >= 15 is 0 Å². The summed E-state index contributed by atoms with van der Waals surface area (Å²) in [5.74, 6) is -3.58. The summed E-state index contributed by atoms with van der Waals surface area (Å²) in [7, 11) is 0. The van der Waals surface area contributed by atoms with Gasteiger partial charge < -0.3 is 5.11 Å². The number of halogens is 7. The molecule has 0 aromatic rings. The Morgan fingerprint density at radius 3 is 1.36 bits per heavy atom. The molecule has 0 spiro atoms. The van der Waals surface area contributed by atoms with Gasteiger partial charge in [0, 0.05) is 0 Å². The van der Waals surface area contributed by atoms with Crippen LogP contribution in [0.3, 0.4) is 0 Å². The fourth-order valence-electron chi connectivity index (χ4n) is 0.161.